The van der Waals surface area contributed by atoms with Crippen LogP contribution < -0.4 is 10.9 Å². The minimum atomic E-state index is -4.56. The first-order valence-electron chi connectivity index (χ1n) is 10.1. The van der Waals surface area contributed by atoms with Crippen LogP contribution in [0.1, 0.15) is 33.3 Å². The van der Waals surface area contributed by atoms with Crippen LogP contribution in [-0.4, -0.2) is 28.3 Å². The molecular weight excluding hydrogens is 551 g/mol. The number of alkyl halides is 3. The van der Waals surface area contributed by atoms with Crippen molar-refractivity contribution in [3.63, 3.8) is 0 Å². The lowest BCUT2D eigenvalue weighted by molar-refractivity contribution is -0.137. The molecule has 35 heavy (non-hydrogen) atoms. The standard InChI is InChI=1S/C23H15BrF3N3O4S/c1-2-34-22(33)18-15-11-35-20(28-19(31)14-5-3-4-6-16(14)24)17(15)21(32)30(29-18)13-9-7-12(8-10-13)23(25,26)27/h3-11H,2H2,1H3,(H,28,31). The Morgan fingerprint density at radius 3 is 2.46 bits per heavy atom. The number of hydrogen-bond acceptors (Lipinski definition) is 6. The number of carbonyl (C=O) groups excluding carboxylic acids is 2. The molecule has 0 spiro atoms. The number of nitrogens with zero attached hydrogens (tertiary/aromatic N) is 2. The number of ether oxygens (including phenoxy) is 1. The van der Waals surface area contributed by atoms with Gasteiger partial charge in [-0.3, -0.25) is 9.59 Å². The molecule has 2 heterocycles. The van der Waals surface area contributed by atoms with Crippen LogP contribution in [0.2, 0.25) is 0 Å². The Kier molecular flexibility index (Phi) is 6.77. The summed E-state index contributed by atoms with van der Waals surface area (Å²) in [5.74, 6) is -1.32. The highest BCUT2D eigenvalue weighted by atomic mass is 79.9. The summed E-state index contributed by atoms with van der Waals surface area (Å²) < 4.78 is 45.3. The number of fused-ring (bicyclic) bond motifs is 1. The van der Waals surface area contributed by atoms with Crippen LogP contribution >= 0.6 is 27.3 Å². The first-order chi connectivity index (χ1) is 16.6. The van der Waals surface area contributed by atoms with E-state index >= 15 is 0 Å². The Hall–Kier alpha value is -3.51. The third kappa shape index (κ3) is 4.84. The topological polar surface area (TPSA) is 90.3 Å². The molecule has 0 atom stereocenters. The van der Waals surface area contributed by atoms with Gasteiger partial charge in [-0.05, 0) is 59.3 Å². The second kappa shape index (κ2) is 9.62. The molecule has 4 rings (SSSR count). The van der Waals surface area contributed by atoms with E-state index in [0.29, 0.717) is 10.0 Å². The Balaban J connectivity index is 1.87. The van der Waals surface area contributed by atoms with Gasteiger partial charge < -0.3 is 10.1 Å². The molecule has 7 nitrogen and oxygen atoms in total. The Morgan fingerprint density at radius 1 is 1.14 bits per heavy atom. The SMILES string of the molecule is CCOC(=O)c1nn(-c2ccc(C(F)(F)F)cc2)c(=O)c2c(NC(=O)c3ccccc3Br)scc12. The fourth-order valence-corrected chi connectivity index (χ4v) is 4.67. The van der Waals surface area contributed by atoms with Crippen molar-refractivity contribution in [2.75, 3.05) is 11.9 Å². The highest BCUT2D eigenvalue weighted by Gasteiger charge is 2.30. The number of thiophene rings is 1. The van der Waals surface area contributed by atoms with E-state index in [1.165, 1.54) is 5.38 Å². The maximum atomic E-state index is 13.4. The molecule has 0 aliphatic heterocycles. The van der Waals surface area contributed by atoms with E-state index in [4.69, 9.17) is 4.74 Å². The van der Waals surface area contributed by atoms with E-state index < -0.39 is 29.2 Å². The maximum Gasteiger partial charge on any atom is 0.416 e. The lowest BCUT2D eigenvalue weighted by Crippen LogP contribution is -2.25. The van der Waals surface area contributed by atoms with Crippen LogP contribution in [-0.2, 0) is 10.9 Å². The number of halogens is 4. The van der Waals surface area contributed by atoms with E-state index in [1.54, 1.807) is 31.2 Å². The predicted octanol–water partition coefficient (Wildman–Crippen LogP) is 5.66. The van der Waals surface area contributed by atoms with Crippen molar-refractivity contribution in [2.24, 2.45) is 0 Å². The van der Waals surface area contributed by atoms with E-state index in [-0.39, 0.29) is 33.8 Å². The van der Waals surface area contributed by atoms with Crippen molar-refractivity contribution in [3.8, 4) is 5.69 Å². The molecule has 4 aromatic rings. The second-order valence-corrected chi connectivity index (χ2v) is 8.85. The van der Waals surface area contributed by atoms with Gasteiger partial charge in [-0.2, -0.15) is 23.0 Å². The molecule has 2 aromatic carbocycles. The third-order valence-electron chi connectivity index (χ3n) is 4.91. The lowest BCUT2D eigenvalue weighted by atomic mass is 10.2. The van der Waals surface area contributed by atoms with Crippen molar-refractivity contribution >= 4 is 54.9 Å². The van der Waals surface area contributed by atoms with Crippen LogP contribution in [0.5, 0.6) is 0 Å². The van der Waals surface area contributed by atoms with Gasteiger partial charge in [0.15, 0.2) is 5.69 Å². The average molecular weight is 566 g/mol. The molecule has 0 saturated heterocycles. The quantitative estimate of drug-likeness (QED) is 0.315. The molecule has 0 saturated carbocycles. The van der Waals surface area contributed by atoms with Gasteiger partial charge in [-0.25, -0.2) is 4.79 Å². The fourth-order valence-electron chi connectivity index (χ4n) is 3.27. The minimum absolute atomic E-state index is 0.00438. The molecule has 1 amide bonds. The summed E-state index contributed by atoms with van der Waals surface area (Å²) in [6.07, 6.45) is -4.56. The second-order valence-electron chi connectivity index (χ2n) is 7.12. The van der Waals surface area contributed by atoms with Gasteiger partial charge in [-0.1, -0.05) is 12.1 Å². The van der Waals surface area contributed by atoms with E-state index in [0.717, 1.165) is 40.3 Å². The molecule has 0 aliphatic carbocycles. The van der Waals surface area contributed by atoms with Crippen molar-refractivity contribution < 1.29 is 27.5 Å². The number of nitrogens with one attached hydrogen (secondary N) is 1. The van der Waals surface area contributed by atoms with Gasteiger partial charge in [0.05, 0.1) is 28.8 Å². The summed E-state index contributed by atoms with van der Waals surface area (Å²) in [6.45, 7) is 1.63. The molecule has 0 unspecified atom stereocenters. The number of hydrogen-bond donors (Lipinski definition) is 1. The van der Waals surface area contributed by atoms with E-state index in [2.05, 4.69) is 26.3 Å². The number of aromatic nitrogens is 2. The van der Waals surface area contributed by atoms with Crippen molar-refractivity contribution in [3.05, 3.63) is 85.6 Å². The average Bonchev–Trinajstić information content (AvgIpc) is 3.23. The van der Waals surface area contributed by atoms with Gasteiger partial charge in [0.1, 0.15) is 5.00 Å². The number of carbonyl (C=O) groups is 2. The molecule has 0 bridgehead atoms. The Labute approximate surface area is 208 Å². The Bertz CT molecular complexity index is 1500. The van der Waals surface area contributed by atoms with Gasteiger partial charge in [0.2, 0.25) is 0 Å². The third-order valence-corrected chi connectivity index (χ3v) is 6.49. The molecule has 180 valence electrons. The van der Waals surface area contributed by atoms with E-state index in [1.807, 2.05) is 0 Å². The first kappa shape index (κ1) is 24.6. The molecule has 1 N–H and O–H groups in total. The van der Waals surface area contributed by atoms with Crippen molar-refractivity contribution in [1.29, 1.82) is 0 Å². The zero-order chi connectivity index (χ0) is 25.3. The van der Waals surface area contributed by atoms with Crippen LogP contribution in [0, 0.1) is 0 Å². The summed E-state index contributed by atoms with van der Waals surface area (Å²) in [5.41, 5.74) is -1.52. The summed E-state index contributed by atoms with van der Waals surface area (Å²) in [5, 5.41) is 8.53. The number of esters is 1. The zero-order valence-corrected chi connectivity index (χ0v) is 20.3. The highest BCUT2D eigenvalue weighted by Crippen LogP contribution is 2.32. The van der Waals surface area contributed by atoms with Gasteiger partial charge in [0, 0.05) is 15.2 Å². The normalized spacial score (nSPS) is 11.5. The highest BCUT2D eigenvalue weighted by molar-refractivity contribution is 9.10. The molecule has 12 heteroatoms. The van der Waals surface area contributed by atoms with Gasteiger partial charge in [0.25, 0.3) is 11.5 Å². The molecular formula is C23H15BrF3N3O4S. The van der Waals surface area contributed by atoms with Crippen molar-refractivity contribution in [2.45, 2.75) is 13.1 Å². The summed E-state index contributed by atoms with van der Waals surface area (Å²) >= 11 is 4.31. The smallest absolute Gasteiger partial charge is 0.416 e. The first-order valence-corrected chi connectivity index (χ1v) is 11.7. The van der Waals surface area contributed by atoms with Crippen LogP contribution in [0.4, 0.5) is 18.2 Å². The fraction of sp³-hybridized carbons (Fsp3) is 0.130. The molecule has 0 aliphatic rings. The minimum Gasteiger partial charge on any atom is -0.461 e. The summed E-state index contributed by atoms with van der Waals surface area (Å²) in [6, 6.07) is 10.4. The monoisotopic (exact) mass is 565 g/mol. The number of rotatable bonds is 5. The molecule has 0 radical (unpaired) electrons. The van der Waals surface area contributed by atoms with Crippen LogP contribution in [0.25, 0.3) is 16.5 Å². The predicted molar refractivity (Wildman–Crippen MR) is 128 cm³/mol. The van der Waals surface area contributed by atoms with Gasteiger partial charge >= 0.3 is 12.1 Å². The number of anilines is 1. The summed E-state index contributed by atoms with van der Waals surface area (Å²) in [7, 11) is 0. The molecule has 2 aromatic heterocycles. The van der Waals surface area contributed by atoms with Gasteiger partial charge in [-0.15, -0.1) is 11.3 Å². The largest absolute Gasteiger partial charge is 0.461 e. The van der Waals surface area contributed by atoms with E-state index in [9.17, 15) is 27.6 Å². The number of benzene rings is 2. The van der Waals surface area contributed by atoms with Crippen LogP contribution in [0.3, 0.4) is 0 Å². The Morgan fingerprint density at radius 2 is 1.83 bits per heavy atom. The van der Waals surface area contributed by atoms with Crippen LogP contribution in [0.15, 0.2) is 63.2 Å². The lowest BCUT2D eigenvalue weighted by Gasteiger charge is -2.11. The zero-order valence-electron chi connectivity index (χ0n) is 17.9. The summed E-state index contributed by atoms with van der Waals surface area (Å²) in [4.78, 5) is 38.8. The maximum absolute atomic E-state index is 13.4. The molecule has 0 fully saturated rings. The number of amides is 1. The van der Waals surface area contributed by atoms with Crippen molar-refractivity contribution in [1.82, 2.24) is 9.78 Å².